The second-order valence-electron chi connectivity index (χ2n) is 5.29. The first-order valence-electron chi connectivity index (χ1n) is 7.85. The first-order valence-corrected chi connectivity index (χ1v) is 7.85. The summed E-state index contributed by atoms with van der Waals surface area (Å²) in [5, 5.41) is 14.1. The summed E-state index contributed by atoms with van der Waals surface area (Å²) < 4.78 is 5.58. The lowest BCUT2D eigenvalue weighted by Gasteiger charge is -2.10. The molecule has 0 atom stereocenters. The van der Waals surface area contributed by atoms with Gasteiger partial charge in [-0.15, -0.1) is 0 Å². The quantitative estimate of drug-likeness (QED) is 0.455. The van der Waals surface area contributed by atoms with E-state index in [9.17, 15) is 14.9 Å². The molecular formula is C18H20N2O4. The number of amides is 1. The molecule has 0 unspecified atom stereocenters. The molecule has 24 heavy (non-hydrogen) atoms. The number of nitro groups is 1. The Morgan fingerprint density at radius 1 is 1.17 bits per heavy atom. The maximum Gasteiger partial charge on any atom is 0.323 e. The van der Waals surface area contributed by atoms with Crippen LogP contribution in [0.2, 0.25) is 0 Å². The Hall–Kier alpha value is -2.89. The van der Waals surface area contributed by atoms with Crippen molar-refractivity contribution in [1.29, 1.82) is 0 Å². The topological polar surface area (TPSA) is 81.5 Å². The second-order valence-corrected chi connectivity index (χ2v) is 5.29. The maximum atomic E-state index is 12.2. The van der Waals surface area contributed by atoms with Gasteiger partial charge in [0.25, 0.3) is 5.91 Å². The summed E-state index contributed by atoms with van der Waals surface area (Å²) in [6, 6.07) is 13.9. The van der Waals surface area contributed by atoms with Gasteiger partial charge in [-0.05, 0) is 24.1 Å². The van der Waals surface area contributed by atoms with E-state index in [-0.39, 0.29) is 23.6 Å². The van der Waals surface area contributed by atoms with E-state index < -0.39 is 10.8 Å². The normalized spacial score (nSPS) is 10.2. The molecule has 2 rings (SSSR count). The fraction of sp³-hybridized carbons (Fsp3) is 0.278. The number of ether oxygens (including phenoxy) is 1. The van der Waals surface area contributed by atoms with Crippen molar-refractivity contribution in [1.82, 2.24) is 5.32 Å². The zero-order valence-corrected chi connectivity index (χ0v) is 13.5. The molecule has 0 aliphatic rings. The number of benzene rings is 2. The molecule has 0 aliphatic carbocycles. The van der Waals surface area contributed by atoms with Gasteiger partial charge in [0, 0.05) is 6.54 Å². The summed E-state index contributed by atoms with van der Waals surface area (Å²) in [4.78, 5) is 23.1. The van der Waals surface area contributed by atoms with Gasteiger partial charge in [-0.1, -0.05) is 49.7 Å². The molecule has 0 spiro atoms. The number of hydrogen-bond acceptors (Lipinski definition) is 4. The van der Waals surface area contributed by atoms with Crippen molar-refractivity contribution in [3.05, 3.63) is 69.8 Å². The van der Waals surface area contributed by atoms with Crippen LogP contribution in [0.15, 0.2) is 48.5 Å². The minimum Gasteiger partial charge on any atom is -0.482 e. The summed E-state index contributed by atoms with van der Waals surface area (Å²) in [7, 11) is 0. The monoisotopic (exact) mass is 328 g/mol. The number of nitro benzene ring substituents is 1. The maximum absolute atomic E-state index is 12.2. The van der Waals surface area contributed by atoms with Crippen molar-refractivity contribution in [2.45, 2.75) is 26.4 Å². The van der Waals surface area contributed by atoms with Gasteiger partial charge < -0.3 is 10.1 Å². The van der Waals surface area contributed by atoms with Crippen molar-refractivity contribution in [2.75, 3.05) is 6.54 Å². The van der Waals surface area contributed by atoms with Gasteiger partial charge in [0.15, 0.2) is 5.75 Å². The summed E-state index contributed by atoms with van der Waals surface area (Å²) in [5.74, 6) is -0.368. The zero-order chi connectivity index (χ0) is 17.4. The molecule has 0 saturated carbocycles. The van der Waals surface area contributed by atoms with Crippen LogP contribution in [0, 0.1) is 10.1 Å². The SMILES string of the molecule is CCCCNC(=O)c1cccc(OCc2ccccc2)c1[N+](=O)[O-]. The summed E-state index contributed by atoms with van der Waals surface area (Å²) in [6.07, 6.45) is 1.76. The van der Waals surface area contributed by atoms with Crippen LogP contribution >= 0.6 is 0 Å². The number of para-hydroxylation sites is 1. The number of carbonyl (C=O) groups excluding carboxylic acids is 1. The number of nitrogens with zero attached hydrogens (tertiary/aromatic N) is 1. The largest absolute Gasteiger partial charge is 0.482 e. The molecule has 2 aromatic carbocycles. The molecule has 0 aromatic heterocycles. The Morgan fingerprint density at radius 2 is 1.92 bits per heavy atom. The minimum absolute atomic E-state index is 0.0154. The van der Waals surface area contributed by atoms with Gasteiger partial charge in [0.2, 0.25) is 0 Å². The van der Waals surface area contributed by atoms with Gasteiger partial charge >= 0.3 is 5.69 Å². The fourth-order valence-corrected chi connectivity index (χ4v) is 2.22. The summed E-state index contributed by atoms with van der Waals surface area (Å²) >= 11 is 0. The summed E-state index contributed by atoms with van der Waals surface area (Å²) in [6.45, 7) is 2.69. The lowest BCUT2D eigenvalue weighted by Crippen LogP contribution is -2.25. The smallest absolute Gasteiger partial charge is 0.323 e. The van der Waals surface area contributed by atoms with Gasteiger partial charge in [0.1, 0.15) is 12.2 Å². The van der Waals surface area contributed by atoms with Gasteiger partial charge in [-0.3, -0.25) is 14.9 Å². The van der Waals surface area contributed by atoms with E-state index in [1.807, 2.05) is 37.3 Å². The highest BCUT2D eigenvalue weighted by atomic mass is 16.6. The standard InChI is InChI=1S/C18H20N2O4/c1-2-3-12-19-18(21)15-10-7-11-16(17(15)20(22)23)24-13-14-8-5-4-6-9-14/h4-11H,2-3,12-13H2,1H3,(H,19,21). The van der Waals surface area contributed by atoms with Crippen molar-refractivity contribution in [3.8, 4) is 5.75 Å². The van der Waals surface area contributed by atoms with Crippen LogP contribution in [-0.4, -0.2) is 17.4 Å². The van der Waals surface area contributed by atoms with E-state index in [4.69, 9.17) is 4.74 Å². The predicted molar refractivity (Wildman–Crippen MR) is 91.1 cm³/mol. The molecule has 6 heteroatoms. The number of rotatable bonds is 8. The summed E-state index contributed by atoms with van der Waals surface area (Å²) in [5.41, 5.74) is 0.605. The minimum atomic E-state index is -0.574. The lowest BCUT2D eigenvalue weighted by molar-refractivity contribution is -0.386. The van der Waals surface area contributed by atoms with Crippen molar-refractivity contribution < 1.29 is 14.5 Å². The van der Waals surface area contributed by atoms with Crippen molar-refractivity contribution >= 4 is 11.6 Å². The lowest BCUT2D eigenvalue weighted by atomic mass is 10.1. The Morgan fingerprint density at radius 3 is 2.58 bits per heavy atom. The molecule has 1 N–H and O–H groups in total. The molecule has 1 amide bonds. The Bertz CT molecular complexity index is 701. The molecule has 0 fully saturated rings. The molecule has 0 heterocycles. The number of nitrogens with one attached hydrogen (secondary N) is 1. The average molecular weight is 328 g/mol. The van der Waals surface area contributed by atoms with Crippen LogP contribution < -0.4 is 10.1 Å². The molecule has 0 bridgehead atoms. The highest BCUT2D eigenvalue weighted by molar-refractivity contribution is 5.99. The molecular weight excluding hydrogens is 308 g/mol. The van der Waals surface area contributed by atoms with Crippen LogP contribution in [0.25, 0.3) is 0 Å². The predicted octanol–water partition coefficient (Wildman–Crippen LogP) is 3.70. The molecule has 0 aliphatic heterocycles. The third-order valence-corrected chi connectivity index (χ3v) is 3.48. The Kier molecular flexibility index (Phi) is 6.31. The first-order chi connectivity index (χ1) is 11.6. The number of unbranched alkanes of at least 4 members (excludes halogenated alkanes) is 1. The van der Waals surface area contributed by atoms with Crippen LogP contribution in [0.5, 0.6) is 5.75 Å². The van der Waals surface area contributed by atoms with Gasteiger partial charge in [-0.25, -0.2) is 0 Å². The van der Waals surface area contributed by atoms with Crippen molar-refractivity contribution in [3.63, 3.8) is 0 Å². The highest BCUT2D eigenvalue weighted by Crippen LogP contribution is 2.31. The number of hydrogen-bond donors (Lipinski definition) is 1. The third kappa shape index (κ3) is 4.55. The van der Waals surface area contributed by atoms with Gasteiger partial charge in [-0.2, -0.15) is 0 Å². The zero-order valence-electron chi connectivity index (χ0n) is 13.5. The fourth-order valence-electron chi connectivity index (χ4n) is 2.22. The van der Waals surface area contributed by atoms with E-state index in [2.05, 4.69) is 5.32 Å². The molecule has 126 valence electrons. The number of carbonyl (C=O) groups is 1. The van der Waals surface area contributed by atoms with E-state index >= 15 is 0 Å². The Labute approximate surface area is 140 Å². The van der Waals surface area contributed by atoms with E-state index in [1.54, 1.807) is 6.07 Å². The second kappa shape index (κ2) is 8.67. The molecule has 6 nitrogen and oxygen atoms in total. The molecule has 0 saturated heterocycles. The van der Waals surface area contributed by atoms with Crippen molar-refractivity contribution in [2.24, 2.45) is 0 Å². The Balaban J connectivity index is 2.20. The van der Waals surface area contributed by atoms with E-state index in [1.165, 1.54) is 12.1 Å². The van der Waals surface area contributed by atoms with Crippen LogP contribution in [0.1, 0.15) is 35.7 Å². The molecule has 2 aromatic rings. The third-order valence-electron chi connectivity index (χ3n) is 3.48. The average Bonchev–Trinajstić information content (AvgIpc) is 2.60. The van der Waals surface area contributed by atoms with Crippen LogP contribution in [0.3, 0.4) is 0 Å². The first kappa shape index (κ1) is 17.5. The highest BCUT2D eigenvalue weighted by Gasteiger charge is 2.25. The molecule has 0 radical (unpaired) electrons. The van der Waals surface area contributed by atoms with E-state index in [0.717, 1.165) is 18.4 Å². The van der Waals surface area contributed by atoms with E-state index in [0.29, 0.717) is 6.54 Å². The van der Waals surface area contributed by atoms with Gasteiger partial charge in [0.05, 0.1) is 4.92 Å². The van der Waals surface area contributed by atoms with Crippen LogP contribution in [0.4, 0.5) is 5.69 Å². The van der Waals surface area contributed by atoms with Crippen LogP contribution in [-0.2, 0) is 6.61 Å².